The van der Waals surface area contributed by atoms with Gasteiger partial charge in [0, 0.05) is 92.4 Å². The van der Waals surface area contributed by atoms with Gasteiger partial charge in [0.25, 0.3) is 0 Å². The number of hydrogen-bond acceptors (Lipinski definition) is 9. The van der Waals surface area contributed by atoms with E-state index in [1.165, 1.54) is 0 Å². The molecule has 0 spiro atoms. The second kappa shape index (κ2) is 11.5. The lowest BCUT2D eigenvalue weighted by molar-refractivity contribution is 0.101. The van der Waals surface area contributed by atoms with Crippen LogP contribution in [0.5, 0.6) is 0 Å². The van der Waals surface area contributed by atoms with Crippen molar-refractivity contribution in [3.63, 3.8) is 0 Å². The highest BCUT2D eigenvalue weighted by molar-refractivity contribution is 6.67. The molecule has 0 saturated carbocycles. The Morgan fingerprint density at radius 1 is 0.462 bits per heavy atom. The largest absolute Gasteiger partial charge is 0.500 e. The van der Waals surface area contributed by atoms with Gasteiger partial charge in [0.2, 0.25) is 0 Å². The first-order valence-electron chi connectivity index (χ1n) is 7.88. The molecule has 0 atom stereocenters. The summed E-state index contributed by atoms with van der Waals surface area (Å²) in [5.74, 6) is 0. The fourth-order valence-corrected chi connectivity index (χ4v) is 11.6. The Morgan fingerprint density at radius 2 is 0.615 bits per heavy atom. The van der Waals surface area contributed by atoms with Gasteiger partial charge in [-0.15, -0.1) is 0 Å². The summed E-state index contributed by atoms with van der Waals surface area (Å²) in [6.45, 7) is 0. The minimum atomic E-state index is -2.97. The molecule has 26 heavy (non-hydrogen) atoms. The zero-order valence-electron chi connectivity index (χ0n) is 17.3. The Labute approximate surface area is 164 Å². The molecular formula is C13H33O9Si4. The van der Waals surface area contributed by atoms with Crippen molar-refractivity contribution in [1.29, 1.82) is 0 Å². The van der Waals surface area contributed by atoms with Crippen LogP contribution >= 0.6 is 0 Å². The van der Waals surface area contributed by atoms with Gasteiger partial charge in [0.15, 0.2) is 0 Å². The zero-order chi connectivity index (χ0) is 20.5. The molecule has 0 aromatic rings. The fourth-order valence-electron chi connectivity index (χ4n) is 2.83. The first kappa shape index (κ1) is 26.5. The Hall–Kier alpha value is 0.508. The number of hydrogen-bond donors (Lipinski definition) is 0. The second-order valence-corrected chi connectivity index (χ2v) is 15.6. The molecule has 0 N–H and O–H groups in total. The second-order valence-electron chi connectivity index (χ2n) is 5.70. The molecule has 0 aliphatic heterocycles. The van der Waals surface area contributed by atoms with Crippen LogP contribution in [0.4, 0.5) is 0 Å². The summed E-state index contributed by atoms with van der Waals surface area (Å²) in [6, 6.07) is 1.20. The van der Waals surface area contributed by atoms with Gasteiger partial charge in [-0.2, -0.15) is 0 Å². The summed E-state index contributed by atoms with van der Waals surface area (Å²) in [7, 11) is 9.08. The molecule has 155 valence electrons. The molecule has 0 aliphatic rings. The molecule has 0 amide bonds. The van der Waals surface area contributed by atoms with E-state index < -0.39 is 31.5 Å². The highest BCUT2D eigenvalue weighted by atomic mass is 28.4. The summed E-state index contributed by atoms with van der Waals surface area (Å²) in [5, 5.41) is -0.670. The van der Waals surface area contributed by atoms with Crippen LogP contribution < -0.4 is 0 Å². The lowest BCUT2D eigenvalue weighted by Gasteiger charge is -2.42. The smallest absolute Gasteiger partial charge is 0.377 e. The molecule has 0 fully saturated rings. The van der Waals surface area contributed by atoms with E-state index in [1.807, 2.05) is 0 Å². The maximum atomic E-state index is 5.61. The summed E-state index contributed by atoms with van der Waals surface area (Å²) in [5.41, 5.74) is 0. The van der Waals surface area contributed by atoms with Gasteiger partial charge in [-0.25, -0.2) is 0 Å². The molecular weight excluding hydrogens is 412 g/mol. The van der Waals surface area contributed by atoms with Crippen LogP contribution in [0, 0.1) is 0 Å². The van der Waals surface area contributed by atoms with Crippen molar-refractivity contribution in [2.24, 2.45) is 0 Å². The Bertz CT molecular complexity index is 310. The third-order valence-corrected chi connectivity index (χ3v) is 15.0. The van der Waals surface area contributed by atoms with E-state index >= 15 is 0 Å². The SMILES string of the molecule is CO[Si](CC([Si])(C[Si](OC)(OC)OC)C[Si](OC)(OC)OC)(OC)OC. The predicted octanol–water partition coefficient (Wildman–Crippen LogP) is 0.948. The van der Waals surface area contributed by atoms with E-state index in [4.69, 9.17) is 39.8 Å². The van der Waals surface area contributed by atoms with Gasteiger partial charge < -0.3 is 39.8 Å². The van der Waals surface area contributed by atoms with Gasteiger partial charge in [-0.1, -0.05) is 0 Å². The molecule has 9 nitrogen and oxygen atoms in total. The Balaban J connectivity index is 5.99. The molecule has 0 aliphatic carbocycles. The lowest BCUT2D eigenvalue weighted by Crippen LogP contribution is -2.54. The van der Waals surface area contributed by atoms with E-state index in [-0.39, 0.29) is 0 Å². The van der Waals surface area contributed by atoms with Crippen molar-refractivity contribution >= 4 is 36.7 Å². The lowest BCUT2D eigenvalue weighted by atomic mass is 10.2. The van der Waals surface area contributed by atoms with Crippen molar-refractivity contribution in [1.82, 2.24) is 0 Å². The minimum Gasteiger partial charge on any atom is -0.377 e. The monoisotopic (exact) mass is 445 g/mol. The van der Waals surface area contributed by atoms with Crippen LogP contribution in [-0.4, -0.2) is 101 Å². The predicted molar refractivity (Wildman–Crippen MR) is 103 cm³/mol. The quantitative estimate of drug-likeness (QED) is 0.342. The minimum absolute atomic E-state index is 0.399. The zero-order valence-corrected chi connectivity index (χ0v) is 21.3. The van der Waals surface area contributed by atoms with Crippen molar-refractivity contribution in [2.75, 3.05) is 64.0 Å². The van der Waals surface area contributed by atoms with E-state index in [0.717, 1.165) is 0 Å². The average molecular weight is 446 g/mol. The molecule has 0 saturated heterocycles. The normalized spacial score (nSPS) is 14.1. The summed E-state index contributed by atoms with van der Waals surface area (Å²) >= 11 is 0. The van der Waals surface area contributed by atoms with Crippen LogP contribution in [0.25, 0.3) is 0 Å². The molecule has 0 heterocycles. The molecule has 3 radical (unpaired) electrons. The Kier molecular flexibility index (Phi) is 11.7. The van der Waals surface area contributed by atoms with Gasteiger partial charge in [0.1, 0.15) is 0 Å². The van der Waals surface area contributed by atoms with Crippen LogP contribution in [0.2, 0.25) is 23.2 Å². The third-order valence-electron chi connectivity index (χ3n) is 4.46. The molecule has 0 rings (SSSR count). The molecule has 0 aromatic carbocycles. The summed E-state index contributed by atoms with van der Waals surface area (Å²) in [6.07, 6.45) is 0. The standard InChI is InChI=1S/C13H33O9Si4/c1-14-24(15-2,16-3)10-13(23,11-25(17-4,18-5)19-6)12-26(20-7,21-8)22-9/h10-12H2,1-9H3. The highest BCUT2D eigenvalue weighted by Crippen LogP contribution is 2.48. The highest BCUT2D eigenvalue weighted by Gasteiger charge is 2.56. The summed E-state index contributed by atoms with van der Waals surface area (Å²) < 4.78 is 50.5. The van der Waals surface area contributed by atoms with Crippen molar-refractivity contribution < 1.29 is 39.8 Å². The van der Waals surface area contributed by atoms with E-state index in [2.05, 4.69) is 10.2 Å². The molecule has 0 unspecified atom stereocenters. The van der Waals surface area contributed by atoms with Crippen molar-refractivity contribution in [3.8, 4) is 0 Å². The first-order chi connectivity index (χ1) is 12.2. The maximum Gasteiger partial charge on any atom is 0.500 e. The topological polar surface area (TPSA) is 83.1 Å². The van der Waals surface area contributed by atoms with Crippen LogP contribution in [0.1, 0.15) is 0 Å². The van der Waals surface area contributed by atoms with E-state index in [9.17, 15) is 0 Å². The molecule has 0 aromatic heterocycles. The van der Waals surface area contributed by atoms with Crippen molar-refractivity contribution in [2.45, 2.75) is 23.2 Å². The van der Waals surface area contributed by atoms with Gasteiger partial charge in [0.05, 0.1) is 0 Å². The van der Waals surface area contributed by atoms with Crippen LogP contribution in [0.15, 0.2) is 0 Å². The number of rotatable bonds is 15. The maximum absolute atomic E-state index is 5.61. The summed E-state index contributed by atoms with van der Waals surface area (Å²) in [4.78, 5) is 0. The first-order valence-corrected chi connectivity index (χ1v) is 14.2. The molecule has 0 bridgehead atoms. The van der Waals surface area contributed by atoms with Gasteiger partial charge in [-0.05, 0) is 5.04 Å². The third kappa shape index (κ3) is 6.54. The average Bonchev–Trinajstić information content (AvgIpc) is 2.69. The van der Waals surface area contributed by atoms with Crippen LogP contribution in [0.3, 0.4) is 0 Å². The van der Waals surface area contributed by atoms with Crippen LogP contribution in [-0.2, 0) is 39.8 Å². The van der Waals surface area contributed by atoms with E-state index in [1.54, 1.807) is 64.0 Å². The Morgan fingerprint density at radius 3 is 0.731 bits per heavy atom. The van der Waals surface area contributed by atoms with Gasteiger partial charge >= 0.3 is 26.4 Å². The fraction of sp³-hybridized carbons (Fsp3) is 1.00. The van der Waals surface area contributed by atoms with Crippen molar-refractivity contribution in [3.05, 3.63) is 0 Å². The van der Waals surface area contributed by atoms with E-state index in [0.29, 0.717) is 18.1 Å². The molecule has 13 heteroatoms. The van der Waals surface area contributed by atoms with Gasteiger partial charge in [-0.3, -0.25) is 0 Å².